The van der Waals surface area contributed by atoms with E-state index in [-0.39, 0.29) is 41.2 Å². The minimum Gasteiger partial charge on any atom is -0.356 e. The molecule has 0 saturated heterocycles. The number of anilines is 1. The zero-order valence-corrected chi connectivity index (χ0v) is 20.9. The largest absolute Gasteiger partial charge is 0.356 e. The fourth-order valence-corrected chi connectivity index (χ4v) is 4.36. The lowest BCUT2D eigenvalue weighted by Crippen LogP contribution is -2.45. The van der Waals surface area contributed by atoms with Crippen LogP contribution in [0.1, 0.15) is 37.3 Å². The molecular formula is C22H28BrIN4O. The van der Waals surface area contributed by atoms with Gasteiger partial charge in [0.2, 0.25) is 5.91 Å². The molecule has 5 nitrogen and oxygen atoms in total. The number of hydrogen-bond donors (Lipinski definition) is 3. The quantitative estimate of drug-likeness (QED) is 0.279. The van der Waals surface area contributed by atoms with Gasteiger partial charge in [-0.3, -0.25) is 9.79 Å². The number of guanidine groups is 1. The van der Waals surface area contributed by atoms with Gasteiger partial charge in [-0.15, -0.1) is 24.0 Å². The zero-order valence-electron chi connectivity index (χ0n) is 17.0. The summed E-state index contributed by atoms with van der Waals surface area (Å²) in [6, 6.07) is 16.3. The van der Waals surface area contributed by atoms with E-state index in [0.717, 1.165) is 22.7 Å². The molecule has 0 spiro atoms. The molecule has 2 aromatic rings. The number of rotatable bonds is 5. The van der Waals surface area contributed by atoms with Gasteiger partial charge >= 0.3 is 0 Å². The van der Waals surface area contributed by atoms with E-state index in [1.165, 1.54) is 11.1 Å². The molecule has 1 atom stereocenters. The standard InChI is InChI=1S/C22H27BrN4O.HI/c1-22(2,17-9-5-6-10-18(17)23)14-26-21(24-3)25-13-15-12-20(28)27-19-11-7-4-8-16(15)19;/h4-11,15H,12-14H2,1-3H3,(H,27,28)(H2,24,25,26);1H. The molecule has 1 aliphatic rings. The van der Waals surface area contributed by atoms with Gasteiger partial charge in [0.25, 0.3) is 0 Å². The van der Waals surface area contributed by atoms with Crippen LogP contribution in [0.25, 0.3) is 0 Å². The molecule has 1 amide bonds. The summed E-state index contributed by atoms with van der Waals surface area (Å²) in [5, 5.41) is 9.76. The predicted molar refractivity (Wildman–Crippen MR) is 134 cm³/mol. The van der Waals surface area contributed by atoms with Gasteiger partial charge in [-0.25, -0.2) is 0 Å². The van der Waals surface area contributed by atoms with Gasteiger partial charge in [-0.05, 0) is 23.3 Å². The van der Waals surface area contributed by atoms with Gasteiger partial charge in [0.05, 0.1) is 0 Å². The zero-order chi connectivity index (χ0) is 20.1. The second kappa shape index (κ2) is 10.4. The molecule has 1 unspecified atom stereocenters. The van der Waals surface area contributed by atoms with Crippen molar-refractivity contribution in [3.05, 3.63) is 64.1 Å². The summed E-state index contributed by atoms with van der Waals surface area (Å²) < 4.78 is 1.11. The molecular weight excluding hydrogens is 543 g/mol. The van der Waals surface area contributed by atoms with Crippen molar-refractivity contribution >= 4 is 57.5 Å². The molecule has 0 radical (unpaired) electrons. The lowest BCUT2D eigenvalue weighted by molar-refractivity contribution is -0.116. The fraction of sp³-hybridized carbons (Fsp3) is 0.364. The summed E-state index contributed by atoms with van der Waals surface area (Å²) in [5.74, 6) is 0.923. The van der Waals surface area contributed by atoms with Crippen molar-refractivity contribution in [3.63, 3.8) is 0 Å². The summed E-state index contributed by atoms with van der Waals surface area (Å²) >= 11 is 3.65. The molecule has 156 valence electrons. The smallest absolute Gasteiger partial charge is 0.225 e. The van der Waals surface area contributed by atoms with Crippen LogP contribution < -0.4 is 16.0 Å². The Kier molecular flexibility index (Phi) is 8.51. The van der Waals surface area contributed by atoms with Crippen LogP contribution >= 0.6 is 39.9 Å². The van der Waals surface area contributed by atoms with Gasteiger partial charge in [0.1, 0.15) is 0 Å². The lowest BCUT2D eigenvalue weighted by Gasteiger charge is -2.29. The van der Waals surface area contributed by atoms with Crippen LogP contribution in [-0.2, 0) is 10.2 Å². The van der Waals surface area contributed by atoms with Crippen LogP contribution in [0.3, 0.4) is 0 Å². The van der Waals surface area contributed by atoms with E-state index < -0.39 is 0 Å². The number of nitrogens with zero attached hydrogens (tertiary/aromatic N) is 1. The highest BCUT2D eigenvalue weighted by Crippen LogP contribution is 2.31. The van der Waals surface area contributed by atoms with Crippen molar-refractivity contribution in [3.8, 4) is 0 Å². The van der Waals surface area contributed by atoms with Crippen molar-refractivity contribution in [1.82, 2.24) is 10.6 Å². The van der Waals surface area contributed by atoms with Crippen LogP contribution in [0.2, 0.25) is 0 Å². The third kappa shape index (κ3) is 5.94. The fourth-order valence-electron chi connectivity index (χ4n) is 3.53. The van der Waals surface area contributed by atoms with Crippen molar-refractivity contribution in [1.29, 1.82) is 0 Å². The van der Waals surface area contributed by atoms with Crippen molar-refractivity contribution in [2.75, 3.05) is 25.5 Å². The first-order valence-electron chi connectivity index (χ1n) is 9.49. The third-order valence-corrected chi connectivity index (χ3v) is 5.84. The van der Waals surface area contributed by atoms with E-state index in [2.05, 4.69) is 75.0 Å². The van der Waals surface area contributed by atoms with Crippen molar-refractivity contribution < 1.29 is 4.79 Å². The Balaban J connectivity index is 0.00000300. The average Bonchev–Trinajstić information content (AvgIpc) is 2.68. The molecule has 0 saturated carbocycles. The molecule has 29 heavy (non-hydrogen) atoms. The first kappa shape index (κ1) is 23.7. The van der Waals surface area contributed by atoms with Gasteiger partial charge in [-0.1, -0.05) is 66.2 Å². The summed E-state index contributed by atoms with van der Waals surface area (Å²) in [5.41, 5.74) is 3.24. The maximum absolute atomic E-state index is 12.0. The average molecular weight is 571 g/mol. The number of amides is 1. The molecule has 2 aromatic carbocycles. The Morgan fingerprint density at radius 3 is 2.59 bits per heavy atom. The summed E-state index contributed by atoms with van der Waals surface area (Å²) in [6.07, 6.45) is 0.476. The monoisotopic (exact) mass is 570 g/mol. The van der Waals surface area contributed by atoms with Gasteiger partial charge < -0.3 is 16.0 Å². The summed E-state index contributed by atoms with van der Waals surface area (Å²) in [4.78, 5) is 16.4. The number of carbonyl (C=O) groups is 1. The normalized spacial score (nSPS) is 16.3. The molecule has 1 heterocycles. The van der Waals surface area contributed by atoms with E-state index in [9.17, 15) is 4.79 Å². The first-order valence-corrected chi connectivity index (χ1v) is 10.3. The highest BCUT2D eigenvalue weighted by Gasteiger charge is 2.26. The number of halogens is 2. The number of para-hydroxylation sites is 1. The topological polar surface area (TPSA) is 65.5 Å². The summed E-state index contributed by atoms with van der Waals surface area (Å²) in [6.45, 7) is 5.79. The van der Waals surface area contributed by atoms with Gasteiger partial charge in [0, 0.05) is 48.1 Å². The van der Waals surface area contributed by atoms with Gasteiger partial charge in [-0.2, -0.15) is 0 Å². The molecule has 0 bridgehead atoms. The Morgan fingerprint density at radius 1 is 1.17 bits per heavy atom. The highest BCUT2D eigenvalue weighted by molar-refractivity contribution is 14.0. The summed E-state index contributed by atoms with van der Waals surface area (Å²) in [7, 11) is 1.77. The first-order chi connectivity index (χ1) is 13.4. The molecule has 3 rings (SSSR count). The highest BCUT2D eigenvalue weighted by atomic mass is 127. The number of hydrogen-bond acceptors (Lipinski definition) is 2. The number of fused-ring (bicyclic) bond motifs is 1. The molecule has 0 fully saturated rings. The predicted octanol–water partition coefficient (Wildman–Crippen LogP) is 4.64. The minimum atomic E-state index is -0.0744. The van der Waals surface area contributed by atoms with E-state index >= 15 is 0 Å². The minimum absolute atomic E-state index is 0. The second-order valence-corrected chi connectivity index (χ2v) is 8.56. The Morgan fingerprint density at radius 2 is 1.86 bits per heavy atom. The van der Waals surface area contributed by atoms with E-state index in [0.29, 0.717) is 13.0 Å². The van der Waals surface area contributed by atoms with Gasteiger partial charge in [0.15, 0.2) is 5.96 Å². The maximum Gasteiger partial charge on any atom is 0.225 e. The van der Waals surface area contributed by atoms with E-state index in [1.807, 2.05) is 24.3 Å². The number of benzene rings is 2. The Hall–Kier alpha value is -1.61. The Bertz CT molecular complexity index is 885. The van der Waals surface area contributed by atoms with Crippen LogP contribution in [0.4, 0.5) is 5.69 Å². The lowest BCUT2D eigenvalue weighted by atomic mass is 9.84. The molecule has 3 N–H and O–H groups in total. The maximum atomic E-state index is 12.0. The van der Waals surface area contributed by atoms with Crippen molar-refractivity contribution in [2.24, 2.45) is 4.99 Å². The van der Waals surface area contributed by atoms with Crippen LogP contribution in [0, 0.1) is 0 Å². The van der Waals surface area contributed by atoms with Crippen LogP contribution in [0.15, 0.2) is 58.0 Å². The number of nitrogens with one attached hydrogen (secondary N) is 3. The van der Waals surface area contributed by atoms with Crippen LogP contribution in [-0.4, -0.2) is 32.0 Å². The molecule has 7 heteroatoms. The molecule has 0 aliphatic carbocycles. The number of carbonyl (C=O) groups excluding carboxylic acids is 1. The number of aliphatic imine (C=N–C) groups is 1. The Labute approximate surface area is 198 Å². The van der Waals surface area contributed by atoms with Crippen molar-refractivity contribution in [2.45, 2.75) is 31.6 Å². The second-order valence-electron chi connectivity index (χ2n) is 7.71. The van der Waals surface area contributed by atoms with Crippen LogP contribution in [0.5, 0.6) is 0 Å². The molecule has 0 aromatic heterocycles. The molecule has 1 aliphatic heterocycles. The van der Waals surface area contributed by atoms with E-state index in [4.69, 9.17) is 0 Å². The van der Waals surface area contributed by atoms with E-state index in [1.54, 1.807) is 7.05 Å². The third-order valence-electron chi connectivity index (χ3n) is 5.15. The SMILES string of the molecule is CN=C(NCC1CC(=O)Nc2ccccc21)NCC(C)(C)c1ccccc1Br.I.